The van der Waals surface area contributed by atoms with Crippen LogP contribution in [0.1, 0.15) is 23.7 Å². The van der Waals surface area contributed by atoms with Crippen LogP contribution in [0.5, 0.6) is 0 Å². The average Bonchev–Trinajstić information content (AvgIpc) is 2.78. The zero-order valence-electron chi connectivity index (χ0n) is 11.3. The zero-order valence-corrected chi connectivity index (χ0v) is 12.0. The molecule has 3 rings (SSSR count). The Balaban J connectivity index is 2.31. The Bertz CT molecular complexity index is 760. The number of aryl methyl sites for hydroxylation is 1. The van der Waals surface area contributed by atoms with Crippen LogP contribution in [0.15, 0.2) is 42.5 Å². The summed E-state index contributed by atoms with van der Waals surface area (Å²) in [6, 6.07) is 12.4. The molecule has 0 N–H and O–H groups in total. The summed E-state index contributed by atoms with van der Waals surface area (Å²) >= 11 is 6.24. The third kappa shape index (κ3) is 2.18. The summed E-state index contributed by atoms with van der Waals surface area (Å²) in [5.74, 6) is 0.508. The highest BCUT2D eigenvalue weighted by atomic mass is 35.5. The van der Waals surface area contributed by atoms with Crippen LogP contribution in [-0.2, 0) is 0 Å². The second-order valence-corrected chi connectivity index (χ2v) is 5.54. The van der Waals surface area contributed by atoms with Gasteiger partial charge in [0.1, 0.15) is 11.6 Å². The number of imidazole rings is 1. The molecular formula is C16H14ClFN2. The molecule has 2 nitrogen and oxygen atoms in total. The number of nitrogens with zero attached hydrogens (tertiary/aromatic N) is 2. The molecule has 0 amide bonds. The smallest absolute Gasteiger partial charge is 0.132 e. The quantitative estimate of drug-likeness (QED) is 0.621. The standard InChI is InChI=1S/C16H14ClFN2/c1-10-3-8-15-14(9-10)19-16(11(2)17)20(15)13-6-4-12(18)5-7-13/h3-9,11H,1-2H3. The summed E-state index contributed by atoms with van der Waals surface area (Å²) in [5, 5.41) is -0.229. The van der Waals surface area contributed by atoms with E-state index >= 15 is 0 Å². The van der Waals surface area contributed by atoms with E-state index in [1.807, 2.05) is 36.6 Å². The molecule has 0 saturated heterocycles. The van der Waals surface area contributed by atoms with Crippen LogP contribution in [0, 0.1) is 12.7 Å². The van der Waals surface area contributed by atoms with Crippen molar-refractivity contribution in [3.8, 4) is 5.69 Å². The van der Waals surface area contributed by atoms with Crippen molar-refractivity contribution in [2.75, 3.05) is 0 Å². The van der Waals surface area contributed by atoms with Gasteiger partial charge in [-0.15, -0.1) is 11.6 Å². The molecule has 3 aromatic rings. The molecular weight excluding hydrogens is 275 g/mol. The fourth-order valence-corrected chi connectivity index (χ4v) is 2.48. The minimum Gasteiger partial charge on any atom is -0.295 e. The van der Waals surface area contributed by atoms with Gasteiger partial charge >= 0.3 is 0 Å². The maximum atomic E-state index is 13.1. The molecule has 4 heteroatoms. The Labute approximate surface area is 121 Å². The van der Waals surface area contributed by atoms with E-state index in [4.69, 9.17) is 11.6 Å². The number of rotatable bonds is 2. The predicted molar refractivity (Wildman–Crippen MR) is 80.0 cm³/mol. The predicted octanol–water partition coefficient (Wildman–Crippen LogP) is 4.77. The maximum absolute atomic E-state index is 13.1. The minimum atomic E-state index is -0.255. The van der Waals surface area contributed by atoms with E-state index < -0.39 is 0 Å². The highest BCUT2D eigenvalue weighted by molar-refractivity contribution is 6.20. The van der Waals surface area contributed by atoms with Crippen molar-refractivity contribution in [3.63, 3.8) is 0 Å². The highest BCUT2D eigenvalue weighted by Gasteiger charge is 2.16. The van der Waals surface area contributed by atoms with Crippen LogP contribution >= 0.6 is 11.6 Å². The summed E-state index contributed by atoms with van der Waals surface area (Å²) in [5.41, 5.74) is 3.89. The molecule has 20 heavy (non-hydrogen) atoms. The van der Waals surface area contributed by atoms with Crippen molar-refractivity contribution in [2.24, 2.45) is 0 Å². The summed E-state index contributed by atoms with van der Waals surface area (Å²) in [4.78, 5) is 4.61. The number of benzene rings is 2. The van der Waals surface area contributed by atoms with E-state index in [1.54, 1.807) is 12.1 Å². The molecule has 1 heterocycles. The molecule has 0 aliphatic heterocycles. The molecule has 0 aliphatic carbocycles. The van der Waals surface area contributed by atoms with Crippen LogP contribution in [-0.4, -0.2) is 9.55 Å². The first kappa shape index (κ1) is 13.1. The van der Waals surface area contributed by atoms with Gasteiger partial charge in [-0.1, -0.05) is 6.07 Å². The molecule has 0 bridgehead atoms. The van der Waals surface area contributed by atoms with Crippen molar-refractivity contribution >= 4 is 22.6 Å². The molecule has 0 fully saturated rings. The third-order valence-electron chi connectivity index (χ3n) is 3.28. The number of aromatic nitrogens is 2. The van der Waals surface area contributed by atoms with Crippen molar-refractivity contribution in [1.29, 1.82) is 0 Å². The number of halogens is 2. The fraction of sp³-hybridized carbons (Fsp3) is 0.188. The van der Waals surface area contributed by atoms with Gasteiger partial charge in [0.05, 0.1) is 16.4 Å². The summed E-state index contributed by atoms with van der Waals surface area (Å²) in [7, 11) is 0. The molecule has 0 radical (unpaired) electrons. The molecule has 0 aliphatic rings. The Kier molecular flexibility index (Phi) is 3.22. The zero-order chi connectivity index (χ0) is 14.3. The summed E-state index contributed by atoms with van der Waals surface area (Å²) < 4.78 is 15.1. The SMILES string of the molecule is Cc1ccc2c(c1)nc(C(C)Cl)n2-c1ccc(F)cc1. The van der Waals surface area contributed by atoms with Crippen LogP contribution in [0.4, 0.5) is 4.39 Å². The molecule has 1 aromatic heterocycles. The average molecular weight is 289 g/mol. The van der Waals surface area contributed by atoms with Gasteiger partial charge in [0.25, 0.3) is 0 Å². The van der Waals surface area contributed by atoms with E-state index in [9.17, 15) is 4.39 Å². The van der Waals surface area contributed by atoms with Crippen LogP contribution in [0.2, 0.25) is 0 Å². The van der Waals surface area contributed by atoms with Gasteiger partial charge < -0.3 is 0 Å². The number of fused-ring (bicyclic) bond motifs is 1. The summed E-state index contributed by atoms with van der Waals surface area (Å²) in [6.45, 7) is 3.91. The Morgan fingerprint density at radius 1 is 1.15 bits per heavy atom. The van der Waals surface area contributed by atoms with Crippen molar-refractivity contribution in [1.82, 2.24) is 9.55 Å². The molecule has 1 atom stereocenters. The molecule has 0 spiro atoms. The van der Waals surface area contributed by atoms with Gasteiger partial charge in [0.15, 0.2) is 0 Å². The fourth-order valence-electron chi connectivity index (χ4n) is 2.34. The molecule has 0 saturated carbocycles. The van der Waals surface area contributed by atoms with E-state index in [0.717, 1.165) is 28.1 Å². The number of hydrogen-bond acceptors (Lipinski definition) is 1. The van der Waals surface area contributed by atoms with Gasteiger partial charge in [0, 0.05) is 5.69 Å². The normalized spacial score (nSPS) is 12.8. The lowest BCUT2D eigenvalue weighted by molar-refractivity contribution is 0.627. The van der Waals surface area contributed by atoms with E-state index in [0.29, 0.717) is 0 Å². The lowest BCUT2D eigenvalue weighted by atomic mass is 10.2. The van der Waals surface area contributed by atoms with Crippen LogP contribution in [0.3, 0.4) is 0 Å². The molecule has 102 valence electrons. The highest BCUT2D eigenvalue weighted by Crippen LogP contribution is 2.28. The summed E-state index contributed by atoms with van der Waals surface area (Å²) in [6.07, 6.45) is 0. The van der Waals surface area contributed by atoms with Gasteiger partial charge in [-0.25, -0.2) is 9.37 Å². The second-order valence-electron chi connectivity index (χ2n) is 4.89. The monoisotopic (exact) mass is 288 g/mol. The number of hydrogen-bond donors (Lipinski definition) is 0. The van der Waals surface area contributed by atoms with Crippen molar-refractivity contribution < 1.29 is 4.39 Å². The van der Waals surface area contributed by atoms with Gasteiger partial charge in [-0.2, -0.15) is 0 Å². The Hall–Kier alpha value is -1.87. The Morgan fingerprint density at radius 3 is 2.50 bits per heavy atom. The lowest BCUT2D eigenvalue weighted by Gasteiger charge is -2.10. The van der Waals surface area contributed by atoms with Gasteiger partial charge in [-0.3, -0.25) is 4.57 Å². The van der Waals surface area contributed by atoms with Gasteiger partial charge in [0.2, 0.25) is 0 Å². The van der Waals surface area contributed by atoms with Crippen molar-refractivity contribution in [3.05, 3.63) is 59.7 Å². The molecule has 2 aromatic carbocycles. The first-order valence-electron chi connectivity index (χ1n) is 6.45. The van der Waals surface area contributed by atoms with Crippen molar-refractivity contribution in [2.45, 2.75) is 19.2 Å². The van der Waals surface area contributed by atoms with E-state index in [-0.39, 0.29) is 11.2 Å². The van der Waals surface area contributed by atoms with E-state index in [1.165, 1.54) is 12.1 Å². The number of alkyl halides is 1. The second kappa shape index (κ2) is 4.91. The minimum absolute atomic E-state index is 0.229. The lowest BCUT2D eigenvalue weighted by Crippen LogP contribution is -2.01. The Morgan fingerprint density at radius 2 is 1.85 bits per heavy atom. The van der Waals surface area contributed by atoms with Gasteiger partial charge in [-0.05, 0) is 55.8 Å². The maximum Gasteiger partial charge on any atom is 0.132 e. The first-order valence-corrected chi connectivity index (χ1v) is 6.89. The first-order chi connectivity index (χ1) is 9.56. The van der Waals surface area contributed by atoms with Crippen LogP contribution in [0.25, 0.3) is 16.7 Å². The van der Waals surface area contributed by atoms with E-state index in [2.05, 4.69) is 4.98 Å². The third-order valence-corrected chi connectivity index (χ3v) is 3.47. The largest absolute Gasteiger partial charge is 0.295 e. The molecule has 1 unspecified atom stereocenters. The van der Waals surface area contributed by atoms with Crippen LogP contribution < -0.4 is 0 Å². The topological polar surface area (TPSA) is 17.8 Å².